The summed E-state index contributed by atoms with van der Waals surface area (Å²) in [4.78, 5) is 15.9. The van der Waals surface area contributed by atoms with E-state index < -0.39 is 41.7 Å². The SMILES string of the molecule is Cc1ccccc1Cc1ccc2c(c1)CC[C@H]1N(C(=O)C3(C)CCS(=O)(=O)CC3)CC[C@@]21S(=O)(=O)c1ccc(F)cc1. The number of hydrogen-bond donors (Lipinski definition) is 0. The Hall–Kier alpha value is -3.04. The zero-order valence-electron chi connectivity index (χ0n) is 24.0. The van der Waals surface area contributed by atoms with Gasteiger partial charge >= 0.3 is 0 Å². The minimum absolute atomic E-state index is 0.0370. The normalized spacial score (nSPS) is 24.5. The van der Waals surface area contributed by atoms with Crippen molar-refractivity contribution in [2.24, 2.45) is 5.41 Å². The summed E-state index contributed by atoms with van der Waals surface area (Å²) in [5, 5.41) is 0. The largest absolute Gasteiger partial charge is 0.337 e. The molecule has 2 fully saturated rings. The number of benzene rings is 3. The Morgan fingerprint density at radius 1 is 1.00 bits per heavy atom. The number of carbonyl (C=O) groups is 1. The monoisotopic (exact) mass is 609 g/mol. The van der Waals surface area contributed by atoms with Crippen molar-refractivity contribution in [3.8, 4) is 0 Å². The first kappa shape index (κ1) is 29.1. The second-order valence-electron chi connectivity index (χ2n) is 12.5. The van der Waals surface area contributed by atoms with Gasteiger partial charge in [-0.15, -0.1) is 0 Å². The first-order chi connectivity index (χ1) is 19.9. The van der Waals surface area contributed by atoms with Gasteiger partial charge in [0.1, 0.15) is 20.4 Å². The molecule has 3 aromatic carbocycles. The van der Waals surface area contributed by atoms with E-state index in [1.54, 1.807) is 4.90 Å². The molecular formula is C33H36FNO5S2. The third-order valence-corrected chi connectivity index (χ3v) is 14.1. The number of carbonyl (C=O) groups excluding carboxylic acids is 1. The maximum Gasteiger partial charge on any atom is 0.228 e. The predicted octanol–water partition coefficient (Wildman–Crippen LogP) is 5.16. The van der Waals surface area contributed by atoms with Gasteiger partial charge in [-0.05, 0) is 97.5 Å². The van der Waals surface area contributed by atoms with Crippen molar-refractivity contribution in [2.45, 2.75) is 68.1 Å². The number of rotatable bonds is 5. The molecule has 0 spiro atoms. The minimum Gasteiger partial charge on any atom is -0.337 e. The smallest absolute Gasteiger partial charge is 0.228 e. The summed E-state index contributed by atoms with van der Waals surface area (Å²) in [6, 6.07) is 18.6. The molecule has 3 aromatic rings. The quantitative estimate of drug-likeness (QED) is 0.373. The molecule has 3 aliphatic rings. The van der Waals surface area contributed by atoms with E-state index >= 15 is 0 Å². The van der Waals surface area contributed by atoms with Crippen molar-refractivity contribution in [1.82, 2.24) is 4.90 Å². The lowest BCUT2D eigenvalue weighted by Crippen LogP contribution is -2.55. The molecule has 0 saturated carbocycles. The van der Waals surface area contributed by atoms with Gasteiger partial charge in [0.15, 0.2) is 9.84 Å². The van der Waals surface area contributed by atoms with Gasteiger partial charge < -0.3 is 4.90 Å². The molecule has 2 saturated heterocycles. The van der Waals surface area contributed by atoms with E-state index in [4.69, 9.17) is 0 Å². The number of aryl methyl sites for hydroxylation is 2. The first-order valence-corrected chi connectivity index (χ1v) is 17.9. The van der Waals surface area contributed by atoms with Crippen molar-refractivity contribution in [3.63, 3.8) is 0 Å². The van der Waals surface area contributed by atoms with Crippen LogP contribution in [0.25, 0.3) is 0 Å². The fraction of sp³-hybridized carbons (Fsp3) is 0.424. The summed E-state index contributed by atoms with van der Waals surface area (Å²) in [6.07, 6.45) is 2.51. The summed E-state index contributed by atoms with van der Waals surface area (Å²) in [7, 11) is -7.24. The van der Waals surface area contributed by atoms with Crippen LogP contribution in [-0.4, -0.2) is 51.7 Å². The van der Waals surface area contributed by atoms with Crippen LogP contribution in [0.5, 0.6) is 0 Å². The Labute approximate surface area is 247 Å². The molecule has 9 heteroatoms. The van der Waals surface area contributed by atoms with Crippen LogP contribution >= 0.6 is 0 Å². The first-order valence-electron chi connectivity index (χ1n) is 14.5. The highest BCUT2D eigenvalue weighted by molar-refractivity contribution is 7.92. The number of halogens is 1. The third kappa shape index (κ3) is 4.69. The zero-order valence-corrected chi connectivity index (χ0v) is 25.6. The molecule has 0 N–H and O–H groups in total. The van der Waals surface area contributed by atoms with Crippen molar-refractivity contribution >= 4 is 25.6 Å². The summed E-state index contributed by atoms with van der Waals surface area (Å²) >= 11 is 0. The molecule has 42 heavy (non-hydrogen) atoms. The van der Waals surface area contributed by atoms with Crippen LogP contribution in [0, 0.1) is 18.2 Å². The number of hydrogen-bond acceptors (Lipinski definition) is 5. The van der Waals surface area contributed by atoms with Crippen LogP contribution in [0.2, 0.25) is 0 Å². The Morgan fingerprint density at radius 3 is 2.38 bits per heavy atom. The van der Waals surface area contributed by atoms with Crippen LogP contribution in [0.4, 0.5) is 4.39 Å². The highest BCUT2D eigenvalue weighted by atomic mass is 32.2. The maximum atomic E-state index is 14.7. The average Bonchev–Trinajstić information content (AvgIpc) is 3.37. The Balaban J connectivity index is 1.43. The van der Waals surface area contributed by atoms with Crippen LogP contribution in [0.15, 0.2) is 71.6 Å². The maximum absolute atomic E-state index is 14.7. The van der Waals surface area contributed by atoms with Gasteiger partial charge in [-0.3, -0.25) is 4.79 Å². The molecule has 0 unspecified atom stereocenters. The predicted molar refractivity (Wildman–Crippen MR) is 160 cm³/mol. The Bertz CT molecular complexity index is 1750. The van der Waals surface area contributed by atoms with Gasteiger partial charge in [-0.2, -0.15) is 0 Å². The number of sulfone groups is 2. The second-order valence-corrected chi connectivity index (χ2v) is 17.0. The fourth-order valence-electron chi connectivity index (χ4n) is 7.34. The highest BCUT2D eigenvalue weighted by Gasteiger charge is 2.62. The fourth-order valence-corrected chi connectivity index (χ4v) is 11.4. The number of nitrogens with zero attached hydrogens (tertiary/aromatic N) is 1. The molecule has 6 rings (SSSR count). The van der Waals surface area contributed by atoms with E-state index in [1.807, 2.05) is 31.2 Å². The van der Waals surface area contributed by atoms with Crippen LogP contribution in [0.3, 0.4) is 0 Å². The van der Waals surface area contributed by atoms with Crippen LogP contribution in [-0.2, 0) is 42.1 Å². The van der Waals surface area contributed by atoms with Crippen molar-refractivity contribution in [3.05, 3.63) is 100 Å². The van der Waals surface area contributed by atoms with E-state index in [-0.39, 0.29) is 48.1 Å². The Morgan fingerprint density at radius 2 is 1.69 bits per heavy atom. The topological polar surface area (TPSA) is 88.6 Å². The third-order valence-electron chi connectivity index (χ3n) is 9.92. The molecule has 0 bridgehead atoms. The summed E-state index contributed by atoms with van der Waals surface area (Å²) in [5.74, 6) is -0.770. The van der Waals surface area contributed by atoms with Gasteiger partial charge in [0.2, 0.25) is 5.91 Å². The Kier molecular flexibility index (Phi) is 7.12. The minimum atomic E-state index is -4.06. The second kappa shape index (κ2) is 10.3. The summed E-state index contributed by atoms with van der Waals surface area (Å²) in [5.41, 5.74) is 4.31. The molecule has 1 aliphatic carbocycles. The van der Waals surface area contributed by atoms with Gasteiger partial charge in [0.05, 0.1) is 22.4 Å². The lowest BCUT2D eigenvalue weighted by atomic mass is 9.77. The summed E-state index contributed by atoms with van der Waals surface area (Å²) in [6.45, 7) is 4.15. The summed E-state index contributed by atoms with van der Waals surface area (Å²) < 4.78 is 66.1. The highest BCUT2D eigenvalue weighted by Crippen LogP contribution is 2.54. The molecule has 1 amide bonds. The number of likely N-dealkylation sites (tertiary alicyclic amines) is 1. The van der Waals surface area contributed by atoms with Crippen molar-refractivity contribution in [1.29, 1.82) is 0 Å². The lowest BCUT2D eigenvalue weighted by molar-refractivity contribution is -0.143. The molecule has 6 nitrogen and oxygen atoms in total. The van der Waals surface area contributed by atoms with E-state index in [2.05, 4.69) is 25.1 Å². The van der Waals surface area contributed by atoms with E-state index in [0.717, 1.165) is 29.7 Å². The molecule has 0 aromatic heterocycles. The van der Waals surface area contributed by atoms with E-state index in [0.29, 0.717) is 18.4 Å². The molecule has 0 radical (unpaired) electrons. The van der Waals surface area contributed by atoms with Crippen LogP contribution in [0.1, 0.15) is 60.4 Å². The van der Waals surface area contributed by atoms with Gasteiger partial charge in [-0.25, -0.2) is 21.2 Å². The zero-order chi connectivity index (χ0) is 29.9. The van der Waals surface area contributed by atoms with Crippen molar-refractivity contribution < 1.29 is 26.0 Å². The lowest BCUT2D eigenvalue weighted by Gasteiger charge is -2.45. The van der Waals surface area contributed by atoms with Crippen molar-refractivity contribution in [2.75, 3.05) is 18.1 Å². The number of fused-ring (bicyclic) bond motifs is 3. The molecule has 2 atom stereocenters. The molecular weight excluding hydrogens is 573 g/mol. The van der Waals surface area contributed by atoms with Crippen LogP contribution < -0.4 is 0 Å². The van der Waals surface area contributed by atoms with Gasteiger partial charge in [-0.1, -0.05) is 49.4 Å². The molecule has 2 aliphatic heterocycles. The van der Waals surface area contributed by atoms with Gasteiger partial charge in [0.25, 0.3) is 0 Å². The van der Waals surface area contributed by atoms with E-state index in [9.17, 15) is 26.0 Å². The number of amides is 1. The molecule has 222 valence electrons. The van der Waals surface area contributed by atoms with Gasteiger partial charge in [0, 0.05) is 12.0 Å². The standard InChI is InChI=1S/C33H36FNO5S2/c1-23-5-3-4-6-25(23)21-24-7-13-29-26(22-24)8-14-30-33(29,42(39,40)28-11-9-27(34)10-12-28)15-18-35(30)31(36)32(2)16-19-41(37,38)20-17-32/h3-7,9-13,22,30H,8,14-21H2,1-2H3/t30-,33-/m1/s1. The van der Waals surface area contributed by atoms with E-state index in [1.165, 1.54) is 23.3 Å². The molecule has 2 heterocycles. The average molecular weight is 610 g/mol.